The highest BCUT2D eigenvalue weighted by Crippen LogP contribution is 2.29. The van der Waals surface area contributed by atoms with E-state index in [1.807, 2.05) is 39.9 Å². The van der Waals surface area contributed by atoms with Gasteiger partial charge in [0.1, 0.15) is 11.6 Å². The minimum Gasteiger partial charge on any atom is -0.497 e. The van der Waals surface area contributed by atoms with Gasteiger partial charge in [-0.15, -0.1) is 0 Å². The molecule has 8 nitrogen and oxygen atoms in total. The molecule has 0 spiro atoms. The molecule has 0 saturated heterocycles. The van der Waals surface area contributed by atoms with E-state index in [-0.39, 0.29) is 0 Å². The lowest BCUT2D eigenvalue weighted by atomic mass is 10.0. The quantitative estimate of drug-likeness (QED) is 0.726. The number of aliphatic carboxylic acids is 1. The number of ether oxygens (including phenoxy) is 1. The number of carboxylic acids is 1. The van der Waals surface area contributed by atoms with Crippen molar-refractivity contribution < 1.29 is 14.6 Å². The lowest BCUT2D eigenvalue weighted by molar-refractivity contribution is -0.144. The number of carboxylic acid groups (broad SMARTS) is 1. The number of rotatable bonds is 5. The van der Waals surface area contributed by atoms with Crippen molar-refractivity contribution in [2.45, 2.75) is 19.0 Å². The molecule has 1 atom stereocenters. The molecule has 2 aromatic heterocycles. The smallest absolute Gasteiger partial charge is 0.327 e. The maximum absolute atomic E-state index is 11.8. The summed E-state index contributed by atoms with van der Waals surface area (Å²) < 4.78 is 7.15. The Kier molecular flexibility index (Phi) is 4.18. The number of aromatic nitrogens is 4. The first-order valence-corrected chi connectivity index (χ1v) is 8.33. The fraction of sp³-hybridized carbons (Fsp3) is 0.278. The predicted octanol–water partition coefficient (Wildman–Crippen LogP) is 1.79. The van der Waals surface area contributed by atoms with Crippen molar-refractivity contribution in [2.24, 2.45) is 0 Å². The molecule has 0 aliphatic carbocycles. The lowest BCUT2D eigenvalue weighted by Crippen LogP contribution is -2.40. The zero-order valence-corrected chi connectivity index (χ0v) is 14.3. The minimum absolute atomic E-state index is 0.419. The van der Waals surface area contributed by atoms with Crippen molar-refractivity contribution in [1.82, 2.24) is 24.4 Å². The van der Waals surface area contributed by atoms with Crippen LogP contribution in [0.4, 0.5) is 0 Å². The molecule has 0 saturated carbocycles. The number of aromatic amines is 1. The van der Waals surface area contributed by atoms with Gasteiger partial charge >= 0.3 is 5.97 Å². The van der Waals surface area contributed by atoms with Gasteiger partial charge in [0, 0.05) is 36.7 Å². The van der Waals surface area contributed by atoms with E-state index in [1.54, 1.807) is 19.6 Å². The molecule has 8 heteroatoms. The van der Waals surface area contributed by atoms with Gasteiger partial charge in [-0.25, -0.2) is 9.97 Å². The summed E-state index contributed by atoms with van der Waals surface area (Å²) in [6.45, 7) is 1.05. The number of methoxy groups -OCH3 is 1. The average Bonchev–Trinajstić information content (AvgIpc) is 3.30. The molecular formula is C18H19N5O3. The van der Waals surface area contributed by atoms with Gasteiger partial charge in [-0.1, -0.05) is 0 Å². The maximum atomic E-state index is 11.8. The van der Waals surface area contributed by atoms with Crippen molar-refractivity contribution in [1.29, 1.82) is 0 Å². The van der Waals surface area contributed by atoms with E-state index in [4.69, 9.17) is 4.74 Å². The molecule has 26 heavy (non-hydrogen) atoms. The molecule has 4 rings (SSSR count). The van der Waals surface area contributed by atoms with E-state index in [0.29, 0.717) is 18.8 Å². The molecule has 1 aromatic carbocycles. The number of carbonyl (C=O) groups is 1. The summed E-state index contributed by atoms with van der Waals surface area (Å²) >= 11 is 0. The van der Waals surface area contributed by atoms with Gasteiger partial charge in [-0.3, -0.25) is 9.69 Å². The maximum Gasteiger partial charge on any atom is 0.327 e. The fourth-order valence-electron chi connectivity index (χ4n) is 3.38. The van der Waals surface area contributed by atoms with Crippen LogP contribution in [0.15, 0.2) is 43.0 Å². The Hall–Kier alpha value is -3.13. The zero-order valence-electron chi connectivity index (χ0n) is 14.3. The molecule has 0 amide bonds. The summed E-state index contributed by atoms with van der Waals surface area (Å²) in [5, 5.41) is 9.71. The number of hydrogen-bond acceptors (Lipinski definition) is 5. The Labute approximate surface area is 150 Å². The number of nitrogens with zero attached hydrogens (tertiary/aromatic N) is 4. The van der Waals surface area contributed by atoms with Crippen molar-refractivity contribution in [3.05, 3.63) is 60.2 Å². The molecule has 1 aliphatic rings. The third-order valence-corrected chi connectivity index (χ3v) is 4.67. The molecule has 0 radical (unpaired) electrons. The van der Waals surface area contributed by atoms with E-state index in [9.17, 15) is 9.90 Å². The van der Waals surface area contributed by atoms with Crippen LogP contribution in [0.5, 0.6) is 5.75 Å². The second-order valence-corrected chi connectivity index (χ2v) is 6.14. The monoisotopic (exact) mass is 353 g/mol. The van der Waals surface area contributed by atoms with Crippen LogP contribution in [-0.2, 0) is 17.8 Å². The normalized spacial score (nSPS) is 17.0. The summed E-state index contributed by atoms with van der Waals surface area (Å²) in [7, 11) is 1.63. The number of benzene rings is 1. The van der Waals surface area contributed by atoms with Crippen LogP contribution in [0, 0.1) is 0 Å². The third kappa shape index (κ3) is 2.84. The van der Waals surface area contributed by atoms with Crippen LogP contribution >= 0.6 is 0 Å². The molecule has 0 bridgehead atoms. The number of hydrogen-bond donors (Lipinski definition) is 2. The Morgan fingerprint density at radius 1 is 1.35 bits per heavy atom. The van der Waals surface area contributed by atoms with Crippen LogP contribution in [0.1, 0.15) is 23.3 Å². The number of fused-ring (bicyclic) bond motifs is 1. The van der Waals surface area contributed by atoms with Crippen LogP contribution in [0.2, 0.25) is 0 Å². The van der Waals surface area contributed by atoms with Crippen molar-refractivity contribution in [3.8, 4) is 11.4 Å². The van der Waals surface area contributed by atoms with Crippen LogP contribution in [0.25, 0.3) is 5.69 Å². The van der Waals surface area contributed by atoms with Gasteiger partial charge in [0.15, 0.2) is 6.04 Å². The summed E-state index contributed by atoms with van der Waals surface area (Å²) in [6, 6.07) is 6.89. The first kappa shape index (κ1) is 16.3. The molecule has 1 aliphatic heterocycles. The third-order valence-electron chi connectivity index (χ3n) is 4.67. The molecule has 0 unspecified atom stereocenters. The minimum atomic E-state index is -0.902. The number of nitrogens with one attached hydrogen (secondary N) is 1. The van der Waals surface area contributed by atoms with E-state index in [1.165, 1.54) is 0 Å². The Balaban J connectivity index is 1.62. The highest BCUT2D eigenvalue weighted by Gasteiger charge is 2.35. The largest absolute Gasteiger partial charge is 0.497 e. The number of imidazole rings is 2. The van der Waals surface area contributed by atoms with E-state index >= 15 is 0 Å². The molecular weight excluding hydrogens is 334 g/mol. The van der Waals surface area contributed by atoms with Crippen LogP contribution < -0.4 is 4.74 Å². The predicted molar refractivity (Wildman–Crippen MR) is 93.2 cm³/mol. The molecule has 134 valence electrons. The summed E-state index contributed by atoms with van der Waals surface area (Å²) in [5.41, 5.74) is 2.43. The van der Waals surface area contributed by atoms with Crippen molar-refractivity contribution in [2.75, 3.05) is 13.7 Å². The topological polar surface area (TPSA) is 96.3 Å². The van der Waals surface area contributed by atoms with Gasteiger partial charge in [0.2, 0.25) is 0 Å². The van der Waals surface area contributed by atoms with Gasteiger partial charge in [0.25, 0.3) is 0 Å². The first-order chi connectivity index (χ1) is 12.7. The Morgan fingerprint density at radius 2 is 2.15 bits per heavy atom. The SMILES string of the molecule is COc1ccc(-n2ccnc2CN2CCc3[nH]cnc3[C@@H]2C(=O)O)cc1. The van der Waals surface area contributed by atoms with E-state index in [2.05, 4.69) is 15.0 Å². The van der Waals surface area contributed by atoms with E-state index in [0.717, 1.165) is 29.4 Å². The summed E-state index contributed by atoms with van der Waals surface area (Å²) in [5.74, 6) is 0.657. The van der Waals surface area contributed by atoms with Crippen molar-refractivity contribution in [3.63, 3.8) is 0 Å². The van der Waals surface area contributed by atoms with Crippen molar-refractivity contribution >= 4 is 5.97 Å². The van der Waals surface area contributed by atoms with Gasteiger partial charge < -0.3 is 19.4 Å². The lowest BCUT2D eigenvalue weighted by Gasteiger charge is -2.31. The standard InChI is InChI=1S/C18H19N5O3/c1-26-13-4-2-12(3-5-13)23-9-7-19-15(23)10-22-8-6-14-16(21-11-20-14)17(22)18(24)25/h2-5,7,9,11,17H,6,8,10H2,1H3,(H,20,21)(H,24,25)/t17-/m1/s1. The van der Waals surface area contributed by atoms with Gasteiger partial charge in [-0.05, 0) is 24.3 Å². The van der Waals surface area contributed by atoms with E-state index < -0.39 is 12.0 Å². The Bertz CT molecular complexity index is 915. The highest BCUT2D eigenvalue weighted by molar-refractivity contribution is 5.75. The molecule has 0 fully saturated rings. The molecule has 2 N–H and O–H groups in total. The second kappa shape index (κ2) is 6.64. The Morgan fingerprint density at radius 3 is 2.88 bits per heavy atom. The van der Waals surface area contributed by atoms with Gasteiger partial charge in [-0.2, -0.15) is 0 Å². The fourth-order valence-corrected chi connectivity index (χ4v) is 3.38. The van der Waals surface area contributed by atoms with Crippen LogP contribution in [0.3, 0.4) is 0 Å². The highest BCUT2D eigenvalue weighted by atomic mass is 16.5. The summed E-state index contributed by atoms with van der Waals surface area (Å²) in [6.07, 6.45) is 5.89. The van der Waals surface area contributed by atoms with Crippen LogP contribution in [-0.4, -0.2) is 49.1 Å². The average molecular weight is 353 g/mol. The zero-order chi connectivity index (χ0) is 18.1. The molecule has 3 heterocycles. The second-order valence-electron chi connectivity index (χ2n) is 6.14. The summed E-state index contributed by atoms with van der Waals surface area (Å²) in [4.78, 5) is 25.4. The van der Waals surface area contributed by atoms with Gasteiger partial charge in [0.05, 0.1) is 25.7 Å². The number of H-pyrrole nitrogens is 1. The first-order valence-electron chi connectivity index (χ1n) is 8.33. The molecule has 3 aromatic rings.